The van der Waals surface area contributed by atoms with Crippen molar-refractivity contribution in [1.82, 2.24) is 9.62 Å². The summed E-state index contributed by atoms with van der Waals surface area (Å²) >= 11 is 0.516. The standard InChI is InChI=1S/C29H28FN3O9S3/c30-27-11-6-19(20-4-5-21-15-25(45(38,39)40)17-28(26(21)16-20)43-42-41-35)14-22(27)18-31-29(34)32-23-7-9-24(10-8-23)44(36,37)33-12-2-1-3-13-33/h4-11,14-17,35H,1-3,12-13,18H2,(H2,31,32,34)(H,38,39,40). The number of nitrogens with zero attached hydrogens (tertiary/aromatic N) is 1. The Balaban J connectivity index is 1.29. The van der Waals surface area contributed by atoms with Gasteiger partial charge in [-0.1, -0.05) is 29.7 Å². The third-order valence-electron chi connectivity index (χ3n) is 7.23. The molecule has 0 unspecified atom stereocenters. The monoisotopic (exact) mass is 677 g/mol. The average Bonchev–Trinajstić information content (AvgIpc) is 3.03. The molecule has 1 fully saturated rings. The first kappa shape index (κ1) is 32.8. The molecule has 4 aromatic carbocycles. The summed E-state index contributed by atoms with van der Waals surface area (Å²) in [6, 6.07) is 16.9. The summed E-state index contributed by atoms with van der Waals surface area (Å²) in [4.78, 5) is 12.5. The molecular weight excluding hydrogens is 650 g/mol. The van der Waals surface area contributed by atoms with Gasteiger partial charge in [0.25, 0.3) is 10.1 Å². The number of sulfonamides is 1. The minimum absolute atomic E-state index is 0.141. The van der Waals surface area contributed by atoms with Gasteiger partial charge in [0.15, 0.2) is 0 Å². The first-order valence-electron chi connectivity index (χ1n) is 13.6. The highest BCUT2D eigenvalue weighted by molar-refractivity contribution is 7.94. The molecule has 2 amide bonds. The molecule has 0 saturated carbocycles. The lowest BCUT2D eigenvalue weighted by Crippen LogP contribution is -2.35. The molecule has 12 nitrogen and oxygen atoms in total. The average molecular weight is 678 g/mol. The fraction of sp³-hybridized carbons (Fsp3) is 0.207. The van der Waals surface area contributed by atoms with Crippen molar-refractivity contribution in [1.29, 1.82) is 0 Å². The highest BCUT2D eigenvalue weighted by atomic mass is 32.2. The van der Waals surface area contributed by atoms with E-state index < -0.39 is 36.9 Å². The number of benzene rings is 4. The van der Waals surface area contributed by atoms with Crippen molar-refractivity contribution in [2.24, 2.45) is 0 Å². The second kappa shape index (κ2) is 13.8. The van der Waals surface area contributed by atoms with Gasteiger partial charge in [-0.05, 0) is 89.3 Å². The van der Waals surface area contributed by atoms with Gasteiger partial charge < -0.3 is 10.6 Å². The number of fused-ring (bicyclic) bond motifs is 1. The normalized spacial score (nSPS) is 14.4. The van der Waals surface area contributed by atoms with E-state index in [1.54, 1.807) is 24.3 Å². The molecule has 0 spiro atoms. The van der Waals surface area contributed by atoms with Crippen LogP contribution in [-0.2, 0) is 36.1 Å². The zero-order valence-corrected chi connectivity index (χ0v) is 25.9. The largest absolute Gasteiger partial charge is 0.334 e. The number of nitrogens with one attached hydrogen (secondary N) is 2. The summed E-state index contributed by atoms with van der Waals surface area (Å²) in [6.45, 7) is 0.799. The molecule has 1 aliphatic heterocycles. The van der Waals surface area contributed by atoms with E-state index in [-0.39, 0.29) is 21.9 Å². The van der Waals surface area contributed by atoms with Crippen LogP contribution in [0.15, 0.2) is 87.5 Å². The van der Waals surface area contributed by atoms with Crippen molar-refractivity contribution < 1.29 is 45.2 Å². The van der Waals surface area contributed by atoms with Crippen molar-refractivity contribution >= 4 is 54.7 Å². The van der Waals surface area contributed by atoms with Crippen molar-refractivity contribution in [3.05, 3.63) is 84.2 Å². The van der Waals surface area contributed by atoms with E-state index in [4.69, 9.17) is 5.26 Å². The highest BCUT2D eigenvalue weighted by Crippen LogP contribution is 2.35. The predicted octanol–water partition coefficient (Wildman–Crippen LogP) is 5.82. The number of halogens is 1. The number of rotatable bonds is 10. The first-order valence-corrected chi connectivity index (χ1v) is 17.2. The lowest BCUT2D eigenvalue weighted by atomic mass is 9.99. The Morgan fingerprint density at radius 2 is 1.58 bits per heavy atom. The van der Waals surface area contributed by atoms with E-state index in [9.17, 15) is 30.6 Å². The number of carbonyl (C=O) groups is 1. The second-order valence-corrected chi connectivity index (χ2v) is 14.3. The van der Waals surface area contributed by atoms with E-state index >= 15 is 0 Å². The van der Waals surface area contributed by atoms with Crippen molar-refractivity contribution in [2.45, 2.75) is 40.5 Å². The van der Waals surface area contributed by atoms with E-state index in [1.165, 1.54) is 46.8 Å². The molecule has 0 bridgehead atoms. The van der Waals surface area contributed by atoms with Gasteiger partial charge in [-0.25, -0.2) is 22.9 Å². The number of amides is 2. The number of anilines is 1. The summed E-state index contributed by atoms with van der Waals surface area (Å²) in [5.41, 5.74) is 1.73. The molecule has 0 radical (unpaired) electrons. The quantitative estimate of drug-likeness (QED) is 0.0694. The molecule has 16 heteroatoms. The van der Waals surface area contributed by atoms with Crippen LogP contribution in [0.25, 0.3) is 21.9 Å². The Hall–Kier alpha value is -3.61. The topological polar surface area (TPSA) is 172 Å². The summed E-state index contributed by atoms with van der Waals surface area (Å²) < 4.78 is 79.3. The van der Waals surface area contributed by atoms with E-state index in [0.717, 1.165) is 25.3 Å². The minimum Gasteiger partial charge on any atom is -0.334 e. The van der Waals surface area contributed by atoms with Crippen LogP contribution in [0.2, 0.25) is 0 Å². The molecule has 4 N–H and O–H groups in total. The molecule has 5 rings (SSSR count). The number of hydrogen-bond acceptors (Lipinski definition) is 9. The predicted molar refractivity (Wildman–Crippen MR) is 165 cm³/mol. The first-order chi connectivity index (χ1) is 21.5. The fourth-order valence-electron chi connectivity index (χ4n) is 4.95. The zero-order chi connectivity index (χ0) is 32.2. The molecule has 1 heterocycles. The van der Waals surface area contributed by atoms with Crippen molar-refractivity contribution in [3.63, 3.8) is 0 Å². The van der Waals surface area contributed by atoms with Crippen LogP contribution >= 0.6 is 12.0 Å². The van der Waals surface area contributed by atoms with Gasteiger partial charge in [0.05, 0.1) is 21.8 Å². The number of hydrogen-bond donors (Lipinski definition) is 4. The van der Waals surface area contributed by atoms with Gasteiger partial charge in [-0.3, -0.25) is 4.55 Å². The molecule has 4 aromatic rings. The van der Waals surface area contributed by atoms with Crippen molar-refractivity contribution in [2.75, 3.05) is 18.4 Å². The Kier molecular flexibility index (Phi) is 10.0. The van der Waals surface area contributed by atoms with Gasteiger partial charge >= 0.3 is 6.03 Å². The maximum Gasteiger partial charge on any atom is 0.319 e. The van der Waals surface area contributed by atoms with E-state index in [0.29, 0.717) is 52.7 Å². The zero-order valence-electron chi connectivity index (χ0n) is 23.5. The van der Waals surface area contributed by atoms with E-state index in [2.05, 4.69) is 20.0 Å². The summed E-state index contributed by atoms with van der Waals surface area (Å²) in [5, 5.41) is 18.3. The summed E-state index contributed by atoms with van der Waals surface area (Å²) in [7, 11) is -8.15. The van der Waals surface area contributed by atoms with Gasteiger partial charge in [-0.2, -0.15) is 12.7 Å². The highest BCUT2D eigenvalue weighted by Gasteiger charge is 2.25. The lowest BCUT2D eigenvalue weighted by Gasteiger charge is -2.25. The maximum absolute atomic E-state index is 14.7. The SMILES string of the molecule is O=C(NCc1cc(-c2ccc3cc(S(=O)(=O)O)cc(SOOO)c3c2)ccc1F)Nc1ccc(S(=O)(=O)N2CCCCC2)cc1. The number of piperidine rings is 1. The van der Waals surface area contributed by atoms with Crippen LogP contribution in [0, 0.1) is 5.82 Å². The molecular formula is C29H28FN3O9S3. The minimum atomic E-state index is -4.54. The lowest BCUT2D eigenvalue weighted by molar-refractivity contribution is -0.432. The van der Waals surface area contributed by atoms with Crippen LogP contribution < -0.4 is 10.6 Å². The Bertz CT molecular complexity index is 1930. The summed E-state index contributed by atoms with van der Waals surface area (Å²) in [6.07, 6.45) is 2.65. The number of carbonyl (C=O) groups excluding carboxylic acids is 1. The Morgan fingerprint density at radius 3 is 2.27 bits per heavy atom. The van der Waals surface area contributed by atoms with E-state index in [1.807, 2.05) is 0 Å². The van der Waals surface area contributed by atoms with Crippen LogP contribution in [0.1, 0.15) is 24.8 Å². The molecule has 0 aromatic heterocycles. The molecule has 0 atom stereocenters. The summed E-state index contributed by atoms with van der Waals surface area (Å²) in [5.74, 6) is -0.561. The maximum atomic E-state index is 14.7. The molecule has 1 saturated heterocycles. The van der Waals surface area contributed by atoms with Gasteiger partial charge in [0.2, 0.25) is 10.0 Å². The van der Waals surface area contributed by atoms with Crippen LogP contribution in [0.5, 0.6) is 0 Å². The number of urea groups is 1. The Labute approximate surface area is 263 Å². The van der Waals surface area contributed by atoms with Gasteiger partial charge in [0.1, 0.15) is 5.82 Å². The third-order valence-corrected chi connectivity index (χ3v) is 10.6. The third kappa shape index (κ3) is 7.79. The second-order valence-electron chi connectivity index (χ2n) is 10.2. The van der Waals surface area contributed by atoms with Crippen LogP contribution in [-0.4, -0.2) is 50.1 Å². The van der Waals surface area contributed by atoms with Gasteiger partial charge in [-0.15, -0.1) is 4.33 Å². The smallest absolute Gasteiger partial charge is 0.319 e. The molecule has 238 valence electrons. The fourth-order valence-corrected chi connectivity index (χ4v) is 7.63. The van der Waals surface area contributed by atoms with Crippen LogP contribution in [0.4, 0.5) is 14.9 Å². The van der Waals surface area contributed by atoms with Crippen molar-refractivity contribution in [3.8, 4) is 11.1 Å². The molecule has 1 aliphatic rings. The molecule has 45 heavy (non-hydrogen) atoms. The Morgan fingerprint density at radius 1 is 0.889 bits per heavy atom. The van der Waals surface area contributed by atoms with Crippen LogP contribution in [0.3, 0.4) is 0 Å². The van der Waals surface area contributed by atoms with Gasteiger partial charge in [0, 0.05) is 35.8 Å². The molecule has 0 aliphatic carbocycles.